The van der Waals surface area contributed by atoms with Crippen molar-refractivity contribution in [2.75, 3.05) is 5.32 Å². The molecule has 2 rings (SSSR count). The molecule has 1 N–H and O–H groups in total. The summed E-state index contributed by atoms with van der Waals surface area (Å²) in [7, 11) is 0. The van der Waals surface area contributed by atoms with Gasteiger partial charge in [0.1, 0.15) is 11.6 Å². The highest BCUT2D eigenvalue weighted by molar-refractivity contribution is 7.09. The lowest BCUT2D eigenvalue weighted by Crippen LogP contribution is -2.08. The first-order chi connectivity index (χ1) is 9.15. The summed E-state index contributed by atoms with van der Waals surface area (Å²) in [5.74, 6) is -0.629. The van der Waals surface area contributed by atoms with Gasteiger partial charge in [-0.15, -0.1) is 11.3 Å². The van der Waals surface area contributed by atoms with Crippen LogP contribution >= 0.6 is 11.3 Å². The summed E-state index contributed by atoms with van der Waals surface area (Å²) in [6.07, 6.45) is 1.66. The van der Waals surface area contributed by atoms with E-state index in [0.29, 0.717) is 11.3 Å². The number of ether oxygens (including phenoxy) is 1. The summed E-state index contributed by atoms with van der Waals surface area (Å²) in [6.45, 7) is 1.56. The van der Waals surface area contributed by atoms with E-state index in [9.17, 15) is 9.59 Å². The Labute approximate surface area is 114 Å². The highest BCUT2D eigenvalue weighted by Gasteiger charge is 2.09. The first kappa shape index (κ1) is 13.2. The molecule has 5 nitrogen and oxygen atoms in total. The van der Waals surface area contributed by atoms with Crippen molar-refractivity contribution in [3.8, 4) is 0 Å². The van der Waals surface area contributed by atoms with E-state index in [1.807, 2.05) is 5.38 Å². The van der Waals surface area contributed by atoms with Gasteiger partial charge < -0.3 is 10.1 Å². The van der Waals surface area contributed by atoms with Gasteiger partial charge in [0.15, 0.2) is 0 Å². The number of hydrogen-bond donors (Lipinski definition) is 1. The van der Waals surface area contributed by atoms with E-state index in [1.165, 1.54) is 18.3 Å². The minimum Gasteiger partial charge on any atom is -0.455 e. The minimum absolute atomic E-state index is 0.154. The Morgan fingerprint density at radius 1 is 1.42 bits per heavy atom. The molecule has 0 aliphatic heterocycles. The maximum Gasteiger partial charge on any atom is 0.338 e. The predicted molar refractivity (Wildman–Crippen MR) is 72.0 cm³/mol. The number of carbonyl (C=O) groups excluding carboxylic acids is 2. The standard InChI is InChI=1S/C13H12N2O3S/c1-9(16)15-11-4-2-3-10(7-11)13(17)18-8-12-14-5-6-19-12/h2-7H,8H2,1H3,(H,15,16). The molecule has 98 valence electrons. The van der Waals surface area contributed by atoms with Crippen molar-refractivity contribution >= 4 is 28.9 Å². The van der Waals surface area contributed by atoms with Crippen molar-refractivity contribution < 1.29 is 14.3 Å². The van der Waals surface area contributed by atoms with Gasteiger partial charge in [-0.3, -0.25) is 4.79 Å². The monoisotopic (exact) mass is 276 g/mol. The fourth-order valence-corrected chi connectivity index (χ4v) is 1.99. The van der Waals surface area contributed by atoms with E-state index in [2.05, 4.69) is 10.3 Å². The van der Waals surface area contributed by atoms with E-state index >= 15 is 0 Å². The number of esters is 1. The normalized spacial score (nSPS) is 9.95. The average molecular weight is 276 g/mol. The zero-order valence-electron chi connectivity index (χ0n) is 10.3. The van der Waals surface area contributed by atoms with Gasteiger partial charge in [0.05, 0.1) is 5.56 Å². The molecule has 6 heteroatoms. The van der Waals surface area contributed by atoms with E-state index < -0.39 is 5.97 Å². The van der Waals surface area contributed by atoms with Crippen LogP contribution in [0.1, 0.15) is 22.3 Å². The van der Waals surface area contributed by atoms with Crippen LogP contribution in [-0.2, 0) is 16.1 Å². The fraction of sp³-hybridized carbons (Fsp3) is 0.154. The quantitative estimate of drug-likeness (QED) is 0.871. The van der Waals surface area contributed by atoms with Gasteiger partial charge in [-0.25, -0.2) is 9.78 Å². The Hall–Kier alpha value is -2.21. The Morgan fingerprint density at radius 2 is 2.26 bits per heavy atom. The van der Waals surface area contributed by atoms with Gasteiger partial charge in [0.25, 0.3) is 0 Å². The number of benzene rings is 1. The molecule has 0 fully saturated rings. The molecule has 0 aliphatic carbocycles. The molecular weight excluding hydrogens is 264 g/mol. The number of anilines is 1. The van der Waals surface area contributed by atoms with Gasteiger partial charge in [-0.2, -0.15) is 0 Å². The second-order valence-electron chi connectivity index (χ2n) is 3.76. The molecule has 0 radical (unpaired) electrons. The van der Waals surface area contributed by atoms with Crippen LogP contribution in [0.5, 0.6) is 0 Å². The number of carbonyl (C=O) groups is 2. The fourth-order valence-electron chi connectivity index (χ4n) is 1.46. The van der Waals surface area contributed by atoms with Crippen molar-refractivity contribution in [1.82, 2.24) is 4.98 Å². The van der Waals surface area contributed by atoms with Crippen molar-refractivity contribution in [3.05, 3.63) is 46.4 Å². The molecule has 0 bridgehead atoms. The van der Waals surface area contributed by atoms with E-state index in [1.54, 1.807) is 30.5 Å². The molecule has 1 aromatic carbocycles. The molecule has 1 heterocycles. The number of rotatable bonds is 4. The first-order valence-electron chi connectivity index (χ1n) is 5.58. The highest BCUT2D eigenvalue weighted by atomic mass is 32.1. The smallest absolute Gasteiger partial charge is 0.338 e. The molecular formula is C13H12N2O3S. The van der Waals surface area contributed by atoms with Crippen LogP contribution in [0, 0.1) is 0 Å². The van der Waals surface area contributed by atoms with E-state index in [4.69, 9.17) is 4.74 Å². The molecule has 0 unspecified atom stereocenters. The Bertz CT molecular complexity index is 581. The van der Waals surface area contributed by atoms with Gasteiger partial charge in [-0.05, 0) is 18.2 Å². The van der Waals surface area contributed by atoms with Gasteiger partial charge >= 0.3 is 5.97 Å². The van der Waals surface area contributed by atoms with Crippen LogP contribution in [-0.4, -0.2) is 16.9 Å². The largest absolute Gasteiger partial charge is 0.455 e. The van der Waals surface area contributed by atoms with Gasteiger partial charge in [0, 0.05) is 24.2 Å². The predicted octanol–water partition coefficient (Wildman–Crippen LogP) is 2.46. The zero-order valence-corrected chi connectivity index (χ0v) is 11.1. The van der Waals surface area contributed by atoms with Gasteiger partial charge in [-0.1, -0.05) is 6.07 Å². The molecule has 0 saturated carbocycles. The summed E-state index contributed by atoms with van der Waals surface area (Å²) in [4.78, 5) is 26.8. The summed E-state index contributed by atoms with van der Waals surface area (Å²) in [6, 6.07) is 6.60. The maximum absolute atomic E-state index is 11.8. The molecule has 0 spiro atoms. The third kappa shape index (κ3) is 3.89. The van der Waals surface area contributed by atoms with Crippen LogP contribution in [0.25, 0.3) is 0 Å². The summed E-state index contributed by atoms with van der Waals surface area (Å²) in [5, 5.41) is 5.17. The lowest BCUT2D eigenvalue weighted by Gasteiger charge is -2.05. The zero-order chi connectivity index (χ0) is 13.7. The highest BCUT2D eigenvalue weighted by Crippen LogP contribution is 2.13. The number of nitrogens with zero attached hydrogens (tertiary/aromatic N) is 1. The van der Waals surface area contributed by atoms with Crippen molar-refractivity contribution in [1.29, 1.82) is 0 Å². The van der Waals surface area contributed by atoms with Gasteiger partial charge in [0.2, 0.25) is 5.91 Å². The van der Waals surface area contributed by atoms with Crippen LogP contribution in [0.2, 0.25) is 0 Å². The summed E-state index contributed by atoms with van der Waals surface area (Å²) >= 11 is 1.43. The number of nitrogens with one attached hydrogen (secondary N) is 1. The number of thiazole rings is 1. The van der Waals surface area contributed by atoms with Crippen molar-refractivity contribution in [2.45, 2.75) is 13.5 Å². The SMILES string of the molecule is CC(=O)Nc1cccc(C(=O)OCc2nccs2)c1. The number of amides is 1. The van der Waals surface area contributed by atoms with Crippen molar-refractivity contribution in [2.24, 2.45) is 0 Å². The minimum atomic E-state index is -0.442. The van der Waals surface area contributed by atoms with E-state index in [-0.39, 0.29) is 12.5 Å². The third-order valence-corrected chi connectivity index (χ3v) is 2.98. The summed E-state index contributed by atoms with van der Waals surface area (Å²) in [5.41, 5.74) is 0.957. The summed E-state index contributed by atoms with van der Waals surface area (Å²) < 4.78 is 5.13. The molecule has 0 aliphatic rings. The Kier molecular flexibility index (Phi) is 4.25. The first-order valence-corrected chi connectivity index (χ1v) is 6.46. The van der Waals surface area contributed by atoms with Crippen LogP contribution in [0.4, 0.5) is 5.69 Å². The van der Waals surface area contributed by atoms with Crippen LogP contribution in [0.3, 0.4) is 0 Å². The third-order valence-electron chi connectivity index (χ3n) is 2.23. The topological polar surface area (TPSA) is 68.3 Å². The Balaban J connectivity index is 2.00. The van der Waals surface area contributed by atoms with Crippen LogP contribution < -0.4 is 5.32 Å². The molecule has 0 atom stereocenters. The van der Waals surface area contributed by atoms with E-state index in [0.717, 1.165) is 5.01 Å². The average Bonchev–Trinajstić information content (AvgIpc) is 2.88. The maximum atomic E-state index is 11.8. The molecule has 0 saturated heterocycles. The Morgan fingerprint density at radius 3 is 2.95 bits per heavy atom. The molecule has 1 aromatic heterocycles. The lowest BCUT2D eigenvalue weighted by atomic mass is 10.2. The van der Waals surface area contributed by atoms with Crippen LogP contribution in [0.15, 0.2) is 35.8 Å². The van der Waals surface area contributed by atoms with Crippen molar-refractivity contribution in [3.63, 3.8) is 0 Å². The number of aromatic nitrogens is 1. The second-order valence-corrected chi connectivity index (χ2v) is 4.74. The molecule has 2 aromatic rings. The molecule has 19 heavy (non-hydrogen) atoms. The molecule has 1 amide bonds. The lowest BCUT2D eigenvalue weighted by molar-refractivity contribution is -0.114. The number of hydrogen-bond acceptors (Lipinski definition) is 5. The second kappa shape index (κ2) is 6.10.